The summed E-state index contributed by atoms with van der Waals surface area (Å²) in [5.41, 5.74) is 3.34. The van der Waals surface area contributed by atoms with Gasteiger partial charge in [-0.05, 0) is 62.7 Å². The average Bonchev–Trinajstić information content (AvgIpc) is 2.77. The number of guanidine groups is 1. The molecule has 1 fully saturated rings. The molecule has 0 radical (unpaired) electrons. The first-order chi connectivity index (χ1) is 14.2. The number of piperidine rings is 1. The van der Waals surface area contributed by atoms with Crippen molar-refractivity contribution >= 4 is 5.96 Å². The SMILES string of the molecule is CN=C(NCc1cccc(C)n1)NCC(c1ccc(OC)cc1)N1CCCCC1. The van der Waals surface area contributed by atoms with Crippen LogP contribution < -0.4 is 15.4 Å². The molecule has 1 atom stereocenters. The number of rotatable bonds is 7. The first-order valence-corrected chi connectivity index (χ1v) is 10.4. The topological polar surface area (TPSA) is 61.8 Å². The average molecular weight is 396 g/mol. The van der Waals surface area contributed by atoms with Crippen LogP contribution in [-0.2, 0) is 6.54 Å². The number of ether oxygens (including phenoxy) is 1. The van der Waals surface area contributed by atoms with Crippen LogP contribution in [0.5, 0.6) is 5.75 Å². The normalized spacial score (nSPS) is 16.3. The third-order valence-corrected chi connectivity index (χ3v) is 5.40. The molecule has 1 aliphatic rings. The van der Waals surface area contributed by atoms with Crippen molar-refractivity contribution in [1.29, 1.82) is 0 Å². The number of nitrogens with one attached hydrogen (secondary N) is 2. The van der Waals surface area contributed by atoms with E-state index < -0.39 is 0 Å². The molecule has 0 spiro atoms. The van der Waals surface area contributed by atoms with Crippen LogP contribution in [0, 0.1) is 6.92 Å². The molecule has 156 valence electrons. The molecule has 2 heterocycles. The first-order valence-electron chi connectivity index (χ1n) is 10.4. The van der Waals surface area contributed by atoms with Crippen LogP contribution >= 0.6 is 0 Å². The number of pyridine rings is 1. The number of hydrogen-bond donors (Lipinski definition) is 2. The highest BCUT2D eigenvalue weighted by molar-refractivity contribution is 5.79. The van der Waals surface area contributed by atoms with E-state index in [-0.39, 0.29) is 0 Å². The van der Waals surface area contributed by atoms with Gasteiger partial charge in [0.25, 0.3) is 0 Å². The van der Waals surface area contributed by atoms with E-state index >= 15 is 0 Å². The maximum Gasteiger partial charge on any atom is 0.191 e. The molecule has 1 aromatic heterocycles. The number of hydrogen-bond acceptors (Lipinski definition) is 4. The van der Waals surface area contributed by atoms with Gasteiger partial charge in [-0.15, -0.1) is 0 Å². The van der Waals surface area contributed by atoms with E-state index in [2.05, 4.69) is 37.6 Å². The Labute approximate surface area is 174 Å². The number of likely N-dealkylation sites (tertiary alicyclic amines) is 1. The number of aryl methyl sites for hydroxylation is 1. The second-order valence-electron chi connectivity index (χ2n) is 7.46. The maximum atomic E-state index is 5.33. The van der Waals surface area contributed by atoms with Crippen molar-refractivity contribution in [3.05, 3.63) is 59.4 Å². The minimum Gasteiger partial charge on any atom is -0.497 e. The number of aliphatic imine (C=N–C) groups is 1. The highest BCUT2D eigenvalue weighted by Gasteiger charge is 2.22. The Kier molecular flexibility index (Phi) is 7.87. The molecule has 0 amide bonds. The Morgan fingerprint density at radius 1 is 1.10 bits per heavy atom. The van der Waals surface area contributed by atoms with E-state index in [0.29, 0.717) is 12.6 Å². The summed E-state index contributed by atoms with van der Waals surface area (Å²) in [5, 5.41) is 6.90. The summed E-state index contributed by atoms with van der Waals surface area (Å²) in [4.78, 5) is 11.5. The molecule has 1 saturated heterocycles. The molecule has 0 aliphatic carbocycles. The van der Waals surface area contributed by atoms with Gasteiger partial charge in [-0.25, -0.2) is 0 Å². The molecule has 2 N–H and O–H groups in total. The quantitative estimate of drug-likeness (QED) is 0.556. The van der Waals surface area contributed by atoms with Gasteiger partial charge in [0.1, 0.15) is 5.75 Å². The van der Waals surface area contributed by atoms with Crippen molar-refractivity contribution in [2.75, 3.05) is 33.8 Å². The third-order valence-electron chi connectivity index (χ3n) is 5.40. The lowest BCUT2D eigenvalue weighted by molar-refractivity contribution is 0.164. The summed E-state index contributed by atoms with van der Waals surface area (Å²) < 4.78 is 5.33. The molecule has 0 bridgehead atoms. The molecule has 1 aromatic carbocycles. The number of aromatic nitrogens is 1. The Morgan fingerprint density at radius 3 is 2.52 bits per heavy atom. The summed E-state index contributed by atoms with van der Waals surface area (Å²) in [6.07, 6.45) is 3.85. The van der Waals surface area contributed by atoms with Crippen LogP contribution in [0.2, 0.25) is 0 Å². The summed E-state index contributed by atoms with van der Waals surface area (Å²) in [6, 6.07) is 14.8. The van der Waals surface area contributed by atoms with E-state index in [4.69, 9.17) is 4.74 Å². The zero-order valence-corrected chi connectivity index (χ0v) is 17.8. The number of benzene rings is 1. The molecular weight excluding hydrogens is 362 g/mol. The highest BCUT2D eigenvalue weighted by atomic mass is 16.5. The lowest BCUT2D eigenvalue weighted by Gasteiger charge is -2.35. The van der Waals surface area contributed by atoms with Crippen molar-refractivity contribution in [2.45, 2.75) is 38.8 Å². The van der Waals surface area contributed by atoms with Gasteiger partial charge in [-0.1, -0.05) is 24.6 Å². The summed E-state index contributed by atoms with van der Waals surface area (Å²) in [5.74, 6) is 1.69. The molecule has 1 aliphatic heterocycles. The predicted molar refractivity (Wildman–Crippen MR) is 118 cm³/mol. The monoisotopic (exact) mass is 395 g/mol. The van der Waals surface area contributed by atoms with E-state index in [1.807, 2.05) is 44.3 Å². The van der Waals surface area contributed by atoms with E-state index in [1.165, 1.54) is 24.8 Å². The van der Waals surface area contributed by atoms with Crippen LogP contribution in [-0.4, -0.2) is 49.6 Å². The third kappa shape index (κ3) is 6.19. The van der Waals surface area contributed by atoms with E-state index in [1.54, 1.807) is 7.11 Å². The number of nitrogens with zero attached hydrogens (tertiary/aromatic N) is 3. The van der Waals surface area contributed by atoms with Crippen LogP contribution in [0.4, 0.5) is 0 Å². The Balaban J connectivity index is 1.64. The van der Waals surface area contributed by atoms with Crippen LogP contribution in [0.15, 0.2) is 47.5 Å². The Morgan fingerprint density at radius 2 is 1.86 bits per heavy atom. The van der Waals surface area contributed by atoms with Crippen LogP contribution in [0.3, 0.4) is 0 Å². The predicted octanol–water partition coefficient (Wildman–Crippen LogP) is 3.29. The molecule has 0 saturated carbocycles. The molecule has 29 heavy (non-hydrogen) atoms. The zero-order chi connectivity index (χ0) is 20.5. The minimum absolute atomic E-state index is 0.303. The first kappa shape index (κ1) is 21.1. The molecule has 6 nitrogen and oxygen atoms in total. The fourth-order valence-electron chi connectivity index (χ4n) is 3.80. The fraction of sp³-hybridized carbons (Fsp3) is 0.478. The van der Waals surface area contributed by atoms with E-state index in [0.717, 1.165) is 42.7 Å². The van der Waals surface area contributed by atoms with Crippen molar-refractivity contribution in [3.63, 3.8) is 0 Å². The van der Waals surface area contributed by atoms with Gasteiger partial charge in [0, 0.05) is 19.3 Å². The van der Waals surface area contributed by atoms with Gasteiger partial charge >= 0.3 is 0 Å². The molecular formula is C23H33N5O. The van der Waals surface area contributed by atoms with Crippen molar-refractivity contribution in [3.8, 4) is 5.75 Å². The second-order valence-corrected chi connectivity index (χ2v) is 7.46. The van der Waals surface area contributed by atoms with Crippen LogP contribution in [0.1, 0.15) is 42.3 Å². The van der Waals surface area contributed by atoms with Crippen molar-refractivity contribution < 1.29 is 4.74 Å². The van der Waals surface area contributed by atoms with Gasteiger partial charge in [0.05, 0.1) is 25.4 Å². The second kappa shape index (κ2) is 10.8. The van der Waals surface area contributed by atoms with Gasteiger partial charge < -0.3 is 15.4 Å². The van der Waals surface area contributed by atoms with E-state index in [9.17, 15) is 0 Å². The maximum absolute atomic E-state index is 5.33. The highest BCUT2D eigenvalue weighted by Crippen LogP contribution is 2.25. The van der Waals surface area contributed by atoms with Gasteiger partial charge in [-0.3, -0.25) is 14.9 Å². The Bertz CT molecular complexity index is 784. The van der Waals surface area contributed by atoms with Gasteiger partial charge in [0.15, 0.2) is 5.96 Å². The van der Waals surface area contributed by atoms with Crippen molar-refractivity contribution in [1.82, 2.24) is 20.5 Å². The lowest BCUT2D eigenvalue weighted by Crippen LogP contribution is -2.44. The Hall–Kier alpha value is -2.60. The van der Waals surface area contributed by atoms with Crippen molar-refractivity contribution in [2.24, 2.45) is 4.99 Å². The molecule has 1 unspecified atom stereocenters. The zero-order valence-electron chi connectivity index (χ0n) is 17.8. The molecule has 6 heteroatoms. The standard InChI is InChI=1S/C23H33N5O/c1-18-8-7-9-20(27-18)16-25-23(24-2)26-17-22(28-14-5-4-6-15-28)19-10-12-21(29-3)13-11-19/h7-13,22H,4-6,14-17H2,1-3H3,(H2,24,25,26). The lowest BCUT2D eigenvalue weighted by atomic mass is 10.0. The van der Waals surface area contributed by atoms with Gasteiger partial charge in [-0.2, -0.15) is 0 Å². The minimum atomic E-state index is 0.303. The molecule has 2 aromatic rings. The fourth-order valence-corrected chi connectivity index (χ4v) is 3.80. The van der Waals surface area contributed by atoms with Crippen LogP contribution in [0.25, 0.3) is 0 Å². The molecule has 3 rings (SSSR count). The van der Waals surface area contributed by atoms with Gasteiger partial charge in [0.2, 0.25) is 0 Å². The summed E-state index contributed by atoms with van der Waals surface area (Å²) in [6.45, 7) is 5.73. The summed E-state index contributed by atoms with van der Waals surface area (Å²) in [7, 11) is 3.51. The summed E-state index contributed by atoms with van der Waals surface area (Å²) >= 11 is 0. The largest absolute Gasteiger partial charge is 0.497 e. The number of methoxy groups -OCH3 is 1. The smallest absolute Gasteiger partial charge is 0.191 e.